The molecule has 0 aromatic heterocycles. The summed E-state index contributed by atoms with van der Waals surface area (Å²) < 4.78 is 45.9. The molecule has 0 aliphatic carbocycles. The maximum atomic E-state index is 12.9. The van der Waals surface area contributed by atoms with E-state index in [4.69, 9.17) is 4.74 Å². The summed E-state index contributed by atoms with van der Waals surface area (Å²) in [4.78, 5) is 14.9. The summed E-state index contributed by atoms with van der Waals surface area (Å²) in [6.45, 7) is 2.32. The third-order valence-corrected chi connectivity index (χ3v) is 4.13. The first-order chi connectivity index (χ1) is 12.9. The van der Waals surface area contributed by atoms with Crippen LogP contribution in [-0.4, -0.2) is 43.5 Å². The second kappa shape index (κ2) is 8.41. The summed E-state index contributed by atoms with van der Waals surface area (Å²) in [6, 6.07) is 13.9. The van der Waals surface area contributed by atoms with E-state index in [0.29, 0.717) is 32.0 Å². The van der Waals surface area contributed by atoms with Gasteiger partial charge in [0.2, 0.25) is 5.91 Å². The monoisotopic (exact) mass is 380 g/mol. The second-order valence-corrected chi connectivity index (χ2v) is 6.02. The first-order valence-corrected chi connectivity index (χ1v) is 8.46. The van der Waals surface area contributed by atoms with Gasteiger partial charge in [-0.25, -0.2) is 0 Å². The Morgan fingerprint density at radius 3 is 2.26 bits per heavy atom. The predicted octanol–water partition coefficient (Wildman–Crippen LogP) is 3.60. The number of carbonyl (C=O) groups is 1. The SMILES string of the molecule is O=C(Nc1ccc(OC(F)(F)F)cc1)[C@@H](c1ccccc1)N1CCOCC1. The Hall–Kier alpha value is -2.58. The highest BCUT2D eigenvalue weighted by atomic mass is 19.4. The van der Waals surface area contributed by atoms with Crippen molar-refractivity contribution in [3.63, 3.8) is 0 Å². The molecule has 1 saturated heterocycles. The molecule has 3 rings (SSSR count). The fourth-order valence-corrected chi connectivity index (χ4v) is 2.95. The Balaban J connectivity index is 1.74. The van der Waals surface area contributed by atoms with E-state index in [1.54, 1.807) is 0 Å². The van der Waals surface area contributed by atoms with Gasteiger partial charge >= 0.3 is 6.36 Å². The van der Waals surface area contributed by atoms with Gasteiger partial charge in [0.25, 0.3) is 0 Å². The molecule has 1 aliphatic heterocycles. The molecule has 8 heteroatoms. The summed E-state index contributed by atoms with van der Waals surface area (Å²) >= 11 is 0. The molecule has 0 radical (unpaired) electrons. The smallest absolute Gasteiger partial charge is 0.406 e. The summed E-state index contributed by atoms with van der Waals surface area (Å²) in [7, 11) is 0. The fourth-order valence-electron chi connectivity index (χ4n) is 2.95. The van der Waals surface area contributed by atoms with Gasteiger partial charge in [0.1, 0.15) is 11.8 Å². The van der Waals surface area contributed by atoms with Gasteiger partial charge in [0, 0.05) is 18.8 Å². The zero-order valence-corrected chi connectivity index (χ0v) is 14.4. The number of amides is 1. The van der Waals surface area contributed by atoms with Crippen molar-refractivity contribution in [2.24, 2.45) is 0 Å². The summed E-state index contributed by atoms with van der Waals surface area (Å²) in [5.74, 6) is -0.596. The van der Waals surface area contributed by atoms with Crippen molar-refractivity contribution in [3.05, 3.63) is 60.2 Å². The van der Waals surface area contributed by atoms with Crippen LogP contribution in [-0.2, 0) is 9.53 Å². The van der Waals surface area contributed by atoms with Gasteiger partial charge in [0.15, 0.2) is 0 Å². The number of carbonyl (C=O) groups excluding carboxylic acids is 1. The number of hydrogen-bond acceptors (Lipinski definition) is 4. The maximum Gasteiger partial charge on any atom is 0.573 e. The average Bonchev–Trinajstić information content (AvgIpc) is 2.64. The molecule has 0 unspecified atom stereocenters. The highest BCUT2D eigenvalue weighted by Crippen LogP contribution is 2.26. The second-order valence-electron chi connectivity index (χ2n) is 6.02. The highest BCUT2D eigenvalue weighted by molar-refractivity contribution is 5.95. The zero-order chi connectivity index (χ0) is 19.3. The Morgan fingerprint density at radius 1 is 1.04 bits per heavy atom. The van der Waals surface area contributed by atoms with Crippen LogP contribution >= 0.6 is 0 Å². The molecular formula is C19H19F3N2O3. The standard InChI is InChI=1S/C19H19F3N2O3/c20-19(21,22)27-16-8-6-15(7-9-16)23-18(25)17(14-4-2-1-3-5-14)24-10-12-26-13-11-24/h1-9,17H,10-13H2,(H,23,25)/t17-/m1/s1. The molecule has 144 valence electrons. The minimum atomic E-state index is -4.75. The van der Waals surface area contributed by atoms with Crippen molar-refractivity contribution in [1.29, 1.82) is 0 Å². The molecule has 0 saturated carbocycles. The van der Waals surface area contributed by atoms with Crippen molar-refractivity contribution in [1.82, 2.24) is 4.90 Å². The largest absolute Gasteiger partial charge is 0.573 e. The lowest BCUT2D eigenvalue weighted by Gasteiger charge is -2.33. The minimum Gasteiger partial charge on any atom is -0.406 e. The van der Waals surface area contributed by atoms with Crippen LogP contribution in [0.4, 0.5) is 18.9 Å². The third kappa shape index (κ3) is 5.45. The Bertz CT molecular complexity index is 745. The quantitative estimate of drug-likeness (QED) is 0.861. The first kappa shape index (κ1) is 19.2. The van der Waals surface area contributed by atoms with Crippen molar-refractivity contribution in [3.8, 4) is 5.75 Å². The highest BCUT2D eigenvalue weighted by Gasteiger charge is 2.31. The van der Waals surface area contributed by atoms with E-state index in [1.807, 2.05) is 35.2 Å². The van der Waals surface area contributed by atoms with Crippen LogP contribution in [0.1, 0.15) is 11.6 Å². The molecule has 0 bridgehead atoms. The van der Waals surface area contributed by atoms with Gasteiger partial charge in [0.05, 0.1) is 13.2 Å². The van der Waals surface area contributed by atoms with E-state index >= 15 is 0 Å². The van der Waals surface area contributed by atoms with E-state index in [9.17, 15) is 18.0 Å². The Morgan fingerprint density at radius 2 is 1.67 bits per heavy atom. The van der Waals surface area contributed by atoms with Gasteiger partial charge in [-0.2, -0.15) is 0 Å². The lowest BCUT2D eigenvalue weighted by atomic mass is 10.0. The molecule has 1 N–H and O–H groups in total. The van der Waals surface area contributed by atoms with E-state index in [1.165, 1.54) is 12.1 Å². The van der Waals surface area contributed by atoms with Gasteiger partial charge < -0.3 is 14.8 Å². The molecule has 1 amide bonds. The average molecular weight is 380 g/mol. The molecule has 27 heavy (non-hydrogen) atoms. The van der Waals surface area contributed by atoms with Crippen LogP contribution in [0, 0.1) is 0 Å². The predicted molar refractivity (Wildman–Crippen MR) is 93.3 cm³/mol. The normalized spacial score (nSPS) is 16.6. The van der Waals surface area contributed by atoms with E-state index < -0.39 is 12.4 Å². The van der Waals surface area contributed by atoms with E-state index in [-0.39, 0.29) is 11.7 Å². The van der Waals surface area contributed by atoms with Gasteiger partial charge in [-0.15, -0.1) is 13.2 Å². The van der Waals surface area contributed by atoms with E-state index in [0.717, 1.165) is 17.7 Å². The first-order valence-electron chi connectivity index (χ1n) is 8.46. The summed E-state index contributed by atoms with van der Waals surface area (Å²) in [5.41, 5.74) is 1.23. The van der Waals surface area contributed by atoms with Crippen molar-refractivity contribution in [2.45, 2.75) is 12.4 Å². The number of anilines is 1. The van der Waals surface area contributed by atoms with Crippen LogP contribution in [0.25, 0.3) is 0 Å². The Labute approximate surface area is 154 Å². The number of nitrogens with zero attached hydrogens (tertiary/aromatic N) is 1. The summed E-state index contributed by atoms with van der Waals surface area (Å²) in [6.07, 6.45) is -4.75. The molecule has 2 aromatic carbocycles. The molecule has 1 fully saturated rings. The topological polar surface area (TPSA) is 50.8 Å². The molecule has 0 spiro atoms. The number of halogens is 3. The van der Waals surface area contributed by atoms with Crippen molar-refractivity contribution >= 4 is 11.6 Å². The number of morpholine rings is 1. The van der Waals surface area contributed by atoms with Gasteiger partial charge in [-0.1, -0.05) is 30.3 Å². The third-order valence-electron chi connectivity index (χ3n) is 4.13. The van der Waals surface area contributed by atoms with Crippen molar-refractivity contribution in [2.75, 3.05) is 31.6 Å². The summed E-state index contributed by atoms with van der Waals surface area (Å²) in [5, 5.41) is 2.77. The lowest BCUT2D eigenvalue weighted by molar-refractivity contribution is -0.274. The molecule has 2 aromatic rings. The number of ether oxygens (including phenoxy) is 2. The van der Waals surface area contributed by atoms with E-state index in [2.05, 4.69) is 10.1 Å². The van der Waals surface area contributed by atoms with Crippen LogP contribution in [0.3, 0.4) is 0 Å². The van der Waals surface area contributed by atoms with Crippen LogP contribution in [0.2, 0.25) is 0 Å². The fraction of sp³-hybridized carbons (Fsp3) is 0.316. The van der Waals surface area contributed by atoms with Gasteiger partial charge in [-0.3, -0.25) is 9.69 Å². The molecule has 1 heterocycles. The van der Waals surface area contributed by atoms with Crippen LogP contribution in [0.5, 0.6) is 5.75 Å². The van der Waals surface area contributed by atoms with Crippen LogP contribution in [0.15, 0.2) is 54.6 Å². The number of hydrogen-bond donors (Lipinski definition) is 1. The molecular weight excluding hydrogens is 361 g/mol. The zero-order valence-electron chi connectivity index (χ0n) is 14.4. The van der Waals surface area contributed by atoms with Gasteiger partial charge in [-0.05, 0) is 29.8 Å². The van der Waals surface area contributed by atoms with Crippen LogP contribution < -0.4 is 10.1 Å². The number of nitrogens with one attached hydrogen (secondary N) is 1. The number of rotatable bonds is 5. The molecule has 1 atom stereocenters. The lowest BCUT2D eigenvalue weighted by Crippen LogP contribution is -2.43. The Kier molecular flexibility index (Phi) is 5.98. The maximum absolute atomic E-state index is 12.9. The molecule has 1 aliphatic rings. The van der Waals surface area contributed by atoms with Crippen molar-refractivity contribution < 1.29 is 27.4 Å². The minimum absolute atomic E-state index is 0.257. The number of benzene rings is 2. The molecule has 5 nitrogen and oxygen atoms in total. The number of alkyl halides is 3.